The van der Waals surface area contributed by atoms with Crippen molar-refractivity contribution in [2.24, 2.45) is 11.8 Å². The van der Waals surface area contributed by atoms with Gasteiger partial charge in [0.05, 0.1) is 5.25 Å². The van der Waals surface area contributed by atoms with Gasteiger partial charge in [0, 0.05) is 5.92 Å². The van der Waals surface area contributed by atoms with Gasteiger partial charge in [0.15, 0.2) is 0 Å². The van der Waals surface area contributed by atoms with Crippen LogP contribution in [0.15, 0.2) is 12.7 Å². The Labute approximate surface area is 130 Å². The van der Waals surface area contributed by atoms with Crippen LogP contribution in [0.1, 0.15) is 26.7 Å². The maximum atomic E-state index is 11.8. The molecular formula is C14H21NO6S. The fourth-order valence-electron chi connectivity index (χ4n) is 3.16. The molecule has 0 aromatic heterocycles. The highest BCUT2D eigenvalue weighted by Crippen LogP contribution is 2.46. The van der Waals surface area contributed by atoms with Crippen molar-refractivity contribution >= 4 is 22.0 Å². The Morgan fingerprint density at radius 2 is 2.14 bits per heavy atom. The lowest BCUT2D eigenvalue weighted by molar-refractivity contribution is -0.154. The largest absolute Gasteiger partial charge is 0.458 e. The Morgan fingerprint density at radius 3 is 2.73 bits per heavy atom. The van der Waals surface area contributed by atoms with Crippen molar-refractivity contribution in [3.8, 4) is 0 Å². The first kappa shape index (κ1) is 17.0. The van der Waals surface area contributed by atoms with Gasteiger partial charge >= 0.3 is 5.97 Å². The first-order valence-corrected chi connectivity index (χ1v) is 8.79. The van der Waals surface area contributed by atoms with Crippen molar-refractivity contribution in [2.75, 3.05) is 6.54 Å². The maximum absolute atomic E-state index is 11.8. The van der Waals surface area contributed by atoms with Gasteiger partial charge in [-0.2, -0.15) is 8.42 Å². The summed E-state index contributed by atoms with van der Waals surface area (Å²) in [5.41, 5.74) is 0. The second kappa shape index (κ2) is 6.37. The number of nitrogens with one attached hydrogen (secondary N) is 1. The number of amides is 1. The maximum Gasteiger partial charge on any atom is 0.325 e. The van der Waals surface area contributed by atoms with Crippen LogP contribution in [0, 0.1) is 11.8 Å². The highest BCUT2D eigenvalue weighted by molar-refractivity contribution is 7.87. The molecule has 2 aliphatic rings. The smallest absolute Gasteiger partial charge is 0.325 e. The van der Waals surface area contributed by atoms with E-state index in [0.717, 1.165) is 12.5 Å². The third-order valence-corrected chi connectivity index (χ3v) is 6.22. The monoisotopic (exact) mass is 331 g/mol. The van der Waals surface area contributed by atoms with Crippen molar-refractivity contribution in [1.29, 1.82) is 0 Å². The van der Waals surface area contributed by atoms with Gasteiger partial charge in [-0.25, -0.2) is 0 Å². The highest BCUT2D eigenvalue weighted by atomic mass is 32.2. The Hall–Kier alpha value is -1.41. The molecule has 1 aliphatic carbocycles. The van der Waals surface area contributed by atoms with E-state index in [0.29, 0.717) is 6.42 Å². The summed E-state index contributed by atoms with van der Waals surface area (Å²) in [5, 5.41) is 1.75. The lowest BCUT2D eigenvalue weighted by atomic mass is 10.00. The lowest BCUT2D eigenvalue weighted by Crippen LogP contribution is -2.37. The van der Waals surface area contributed by atoms with Crippen LogP contribution in [-0.4, -0.2) is 44.3 Å². The third kappa shape index (κ3) is 3.17. The molecule has 5 atom stereocenters. The molecular weight excluding hydrogens is 310 g/mol. The fraction of sp³-hybridized carbons (Fsp3) is 0.714. The van der Waals surface area contributed by atoms with E-state index in [-0.39, 0.29) is 18.4 Å². The molecule has 0 aromatic carbocycles. The molecule has 1 aliphatic heterocycles. The Bertz CT molecular complexity index is 572. The number of fused-ring (bicyclic) bond motifs is 1. The molecule has 8 heteroatoms. The SMILES string of the molecule is C=CC(=O)NCC(=O)OC1C(CC)CC2C1OS(=O)(=O)C2C. The van der Waals surface area contributed by atoms with E-state index < -0.39 is 39.5 Å². The van der Waals surface area contributed by atoms with E-state index in [1.54, 1.807) is 6.92 Å². The molecule has 1 saturated heterocycles. The van der Waals surface area contributed by atoms with Crippen molar-refractivity contribution in [3.63, 3.8) is 0 Å². The number of hydrogen-bond acceptors (Lipinski definition) is 6. The topological polar surface area (TPSA) is 98.8 Å². The summed E-state index contributed by atoms with van der Waals surface area (Å²) in [6.07, 6.45) is 1.26. The Balaban J connectivity index is 2.03. The minimum Gasteiger partial charge on any atom is -0.458 e. The average Bonchev–Trinajstić information content (AvgIpc) is 2.91. The number of hydrogen-bond donors (Lipinski definition) is 1. The van der Waals surface area contributed by atoms with Crippen LogP contribution in [0.4, 0.5) is 0 Å². The first-order chi connectivity index (χ1) is 10.3. The zero-order valence-electron chi connectivity index (χ0n) is 12.7. The molecule has 1 N–H and O–H groups in total. The van der Waals surface area contributed by atoms with Crippen LogP contribution in [0.5, 0.6) is 0 Å². The summed E-state index contributed by atoms with van der Waals surface area (Å²) in [4.78, 5) is 22.9. The summed E-state index contributed by atoms with van der Waals surface area (Å²) in [5.74, 6) is -1.18. The van der Waals surface area contributed by atoms with Crippen LogP contribution >= 0.6 is 0 Å². The number of carbonyl (C=O) groups is 2. The molecule has 2 fully saturated rings. The minimum absolute atomic E-state index is 0.0620. The predicted octanol–water partition coefficient (Wildman–Crippen LogP) is 0.364. The molecule has 0 aromatic rings. The number of rotatable bonds is 5. The highest BCUT2D eigenvalue weighted by Gasteiger charge is 2.57. The molecule has 0 radical (unpaired) electrons. The minimum atomic E-state index is -3.59. The van der Waals surface area contributed by atoms with Gasteiger partial charge in [-0.3, -0.25) is 13.8 Å². The fourth-order valence-corrected chi connectivity index (χ4v) is 4.59. The van der Waals surface area contributed by atoms with Gasteiger partial charge in [-0.1, -0.05) is 13.5 Å². The van der Waals surface area contributed by atoms with E-state index in [4.69, 9.17) is 8.92 Å². The molecule has 1 heterocycles. The first-order valence-electron chi connectivity index (χ1n) is 7.32. The van der Waals surface area contributed by atoms with E-state index in [2.05, 4.69) is 11.9 Å². The average molecular weight is 331 g/mol. The summed E-state index contributed by atoms with van der Waals surface area (Å²) in [6, 6.07) is 0. The lowest BCUT2D eigenvalue weighted by Gasteiger charge is -2.22. The molecule has 22 heavy (non-hydrogen) atoms. The Kier molecular flexibility index (Phi) is 4.91. The van der Waals surface area contributed by atoms with E-state index >= 15 is 0 Å². The van der Waals surface area contributed by atoms with Crippen molar-refractivity contribution in [1.82, 2.24) is 5.32 Å². The number of ether oxygens (including phenoxy) is 1. The van der Waals surface area contributed by atoms with Crippen molar-refractivity contribution < 1.29 is 26.9 Å². The predicted molar refractivity (Wildman–Crippen MR) is 78.2 cm³/mol. The number of esters is 1. The van der Waals surface area contributed by atoms with Gasteiger partial charge in [0.25, 0.3) is 10.1 Å². The van der Waals surface area contributed by atoms with Crippen LogP contribution in [-0.2, 0) is 28.6 Å². The van der Waals surface area contributed by atoms with E-state index in [1.165, 1.54) is 0 Å². The zero-order chi connectivity index (χ0) is 16.5. The second-order valence-corrected chi connectivity index (χ2v) is 7.62. The molecule has 0 spiro atoms. The third-order valence-electron chi connectivity index (χ3n) is 4.47. The van der Waals surface area contributed by atoms with Crippen LogP contribution < -0.4 is 5.32 Å². The van der Waals surface area contributed by atoms with Gasteiger partial charge < -0.3 is 10.1 Å². The van der Waals surface area contributed by atoms with E-state index in [1.807, 2.05) is 6.92 Å². The van der Waals surface area contributed by atoms with Crippen LogP contribution in [0.25, 0.3) is 0 Å². The standard InChI is InChI=1S/C14H21NO6S/c1-4-9-6-10-8(3)22(18,19)21-14(10)13(9)20-12(17)7-15-11(16)5-2/h5,8-10,13-14H,2,4,6-7H2,1,3H3,(H,15,16). The van der Waals surface area contributed by atoms with E-state index in [9.17, 15) is 18.0 Å². The van der Waals surface area contributed by atoms with Crippen LogP contribution in [0.3, 0.4) is 0 Å². The number of carbonyl (C=O) groups excluding carboxylic acids is 2. The zero-order valence-corrected chi connectivity index (χ0v) is 13.5. The van der Waals surface area contributed by atoms with Gasteiger partial charge in [-0.05, 0) is 31.8 Å². The molecule has 124 valence electrons. The van der Waals surface area contributed by atoms with Gasteiger partial charge in [-0.15, -0.1) is 0 Å². The normalized spacial score (nSPS) is 35.6. The quantitative estimate of drug-likeness (QED) is 0.444. The summed E-state index contributed by atoms with van der Waals surface area (Å²) in [6.45, 7) is 6.59. The molecule has 2 rings (SSSR count). The molecule has 5 unspecified atom stereocenters. The van der Waals surface area contributed by atoms with Gasteiger partial charge in [0.2, 0.25) is 5.91 Å². The second-order valence-electron chi connectivity index (χ2n) is 5.70. The van der Waals surface area contributed by atoms with Crippen molar-refractivity contribution in [2.45, 2.75) is 44.1 Å². The Morgan fingerprint density at radius 1 is 1.45 bits per heavy atom. The molecule has 1 amide bonds. The molecule has 7 nitrogen and oxygen atoms in total. The summed E-state index contributed by atoms with van der Waals surface area (Å²) in [7, 11) is -3.59. The molecule has 1 saturated carbocycles. The van der Waals surface area contributed by atoms with Crippen LogP contribution in [0.2, 0.25) is 0 Å². The summed E-state index contributed by atoms with van der Waals surface area (Å²) < 4.78 is 34.2. The summed E-state index contributed by atoms with van der Waals surface area (Å²) >= 11 is 0. The van der Waals surface area contributed by atoms with Crippen molar-refractivity contribution in [3.05, 3.63) is 12.7 Å². The molecule has 0 bridgehead atoms. The van der Waals surface area contributed by atoms with Gasteiger partial charge in [0.1, 0.15) is 18.8 Å².